The summed E-state index contributed by atoms with van der Waals surface area (Å²) >= 11 is 0. The third-order valence-corrected chi connectivity index (χ3v) is 4.29. The van der Waals surface area contributed by atoms with E-state index in [2.05, 4.69) is 5.32 Å². The number of amides is 4. The number of furan rings is 1. The molecule has 1 N–H and O–H groups in total. The summed E-state index contributed by atoms with van der Waals surface area (Å²) < 4.78 is 5.21. The number of nitrogens with one attached hydrogen (secondary N) is 1. The maximum absolute atomic E-state index is 12.7. The van der Waals surface area contributed by atoms with Crippen LogP contribution in [-0.4, -0.2) is 46.8 Å². The van der Waals surface area contributed by atoms with Crippen LogP contribution in [0.15, 0.2) is 22.8 Å². The molecular formula is C17H25N3O4. The van der Waals surface area contributed by atoms with E-state index in [9.17, 15) is 14.4 Å². The molecule has 0 bridgehead atoms. The molecule has 0 saturated carbocycles. The molecular weight excluding hydrogens is 310 g/mol. The Morgan fingerprint density at radius 1 is 1.29 bits per heavy atom. The van der Waals surface area contributed by atoms with Crippen molar-refractivity contribution >= 4 is 17.8 Å². The molecule has 1 aromatic rings. The summed E-state index contributed by atoms with van der Waals surface area (Å²) in [6, 6.07) is 3.03. The van der Waals surface area contributed by atoms with Crippen molar-refractivity contribution in [3.63, 3.8) is 0 Å². The minimum Gasteiger partial charge on any atom is -0.467 e. The fourth-order valence-corrected chi connectivity index (χ4v) is 3.12. The summed E-state index contributed by atoms with van der Waals surface area (Å²) in [5.41, 5.74) is -0.861. The van der Waals surface area contributed by atoms with E-state index in [0.717, 1.165) is 17.7 Å². The van der Waals surface area contributed by atoms with Crippen LogP contribution in [0.5, 0.6) is 0 Å². The van der Waals surface area contributed by atoms with Gasteiger partial charge in [-0.25, -0.2) is 4.79 Å². The van der Waals surface area contributed by atoms with Crippen LogP contribution in [0, 0.1) is 0 Å². The summed E-state index contributed by atoms with van der Waals surface area (Å²) in [4.78, 5) is 39.8. The second-order valence-corrected chi connectivity index (χ2v) is 6.23. The molecule has 7 nitrogen and oxygen atoms in total. The van der Waals surface area contributed by atoms with Crippen LogP contribution >= 0.6 is 0 Å². The lowest BCUT2D eigenvalue weighted by molar-refractivity contribution is -0.139. The molecule has 4 amide bonds. The Balaban J connectivity index is 2.04. The number of hydrogen-bond donors (Lipinski definition) is 1. The zero-order valence-corrected chi connectivity index (χ0v) is 14.5. The zero-order valence-electron chi connectivity index (χ0n) is 14.5. The smallest absolute Gasteiger partial charge is 0.325 e. The van der Waals surface area contributed by atoms with Crippen molar-refractivity contribution in [2.24, 2.45) is 0 Å². The zero-order chi connectivity index (χ0) is 17.7. The van der Waals surface area contributed by atoms with Gasteiger partial charge in [-0.15, -0.1) is 0 Å². The number of hydrogen-bond acceptors (Lipinski definition) is 4. The Kier molecular flexibility index (Phi) is 5.64. The van der Waals surface area contributed by atoms with Crippen LogP contribution in [0.4, 0.5) is 4.79 Å². The van der Waals surface area contributed by atoms with Crippen LogP contribution in [0.3, 0.4) is 0 Å². The van der Waals surface area contributed by atoms with Crippen molar-refractivity contribution in [3.8, 4) is 0 Å². The highest BCUT2D eigenvalue weighted by Crippen LogP contribution is 2.28. The monoisotopic (exact) mass is 335 g/mol. The molecule has 24 heavy (non-hydrogen) atoms. The number of urea groups is 1. The summed E-state index contributed by atoms with van der Waals surface area (Å²) in [5, 5.41) is 2.81. The first-order valence-corrected chi connectivity index (χ1v) is 8.34. The summed E-state index contributed by atoms with van der Waals surface area (Å²) in [7, 11) is 1.62. The molecule has 0 radical (unpaired) electrons. The van der Waals surface area contributed by atoms with Crippen molar-refractivity contribution in [1.29, 1.82) is 0 Å². The predicted molar refractivity (Wildman–Crippen MR) is 88.0 cm³/mol. The van der Waals surface area contributed by atoms with Crippen LogP contribution in [-0.2, 0) is 16.1 Å². The molecule has 132 valence electrons. The van der Waals surface area contributed by atoms with Crippen molar-refractivity contribution < 1.29 is 18.8 Å². The number of carbonyl (C=O) groups excluding carboxylic acids is 3. The second kappa shape index (κ2) is 7.51. The molecule has 1 fully saturated rings. The van der Waals surface area contributed by atoms with E-state index in [1.807, 2.05) is 13.8 Å². The van der Waals surface area contributed by atoms with Gasteiger partial charge in [-0.05, 0) is 25.0 Å². The Bertz CT molecular complexity index is 591. The van der Waals surface area contributed by atoms with E-state index in [1.54, 1.807) is 19.2 Å². The standard InChI is InChI=1S/C17H25N3O4/c1-4-8-17(9-5-2)15(22)20(16(23)18-17)12-14(21)19(3)11-13-7-6-10-24-13/h6-7,10H,4-5,8-9,11-12H2,1-3H3,(H,18,23). The number of imide groups is 1. The topological polar surface area (TPSA) is 82.9 Å². The van der Waals surface area contributed by atoms with Gasteiger partial charge in [0.1, 0.15) is 17.8 Å². The molecule has 2 heterocycles. The minimum absolute atomic E-state index is 0.253. The molecule has 1 aliphatic heterocycles. The molecule has 2 rings (SSSR count). The van der Waals surface area contributed by atoms with Gasteiger partial charge in [-0.3, -0.25) is 14.5 Å². The first-order chi connectivity index (χ1) is 11.4. The van der Waals surface area contributed by atoms with Crippen LogP contribution < -0.4 is 5.32 Å². The number of carbonyl (C=O) groups is 3. The fraction of sp³-hybridized carbons (Fsp3) is 0.588. The number of rotatable bonds is 8. The SMILES string of the molecule is CCCC1(CCC)NC(=O)N(CC(=O)N(C)Cc2ccco2)C1=O. The van der Waals surface area contributed by atoms with Crippen LogP contribution in [0.1, 0.15) is 45.3 Å². The van der Waals surface area contributed by atoms with Gasteiger partial charge >= 0.3 is 6.03 Å². The summed E-state index contributed by atoms with van der Waals surface area (Å²) in [5.74, 6) is 0.0454. The number of nitrogens with zero attached hydrogens (tertiary/aromatic N) is 2. The van der Waals surface area contributed by atoms with Crippen LogP contribution in [0.25, 0.3) is 0 Å². The van der Waals surface area contributed by atoms with Gasteiger partial charge in [0.15, 0.2) is 0 Å². The Morgan fingerprint density at radius 3 is 2.50 bits per heavy atom. The van der Waals surface area contributed by atoms with Crippen LogP contribution in [0.2, 0.25) is 0 Å². The predicted octanol–water partition coefficient (Wildman–Crippen LogP) is 2.13. The highest BCUT2D eigenvalue weighted by molar-refractivity contribution is 6.09. The second-order valence-electron chi connectivity index (χ2n) is 6.23. The van der Waals surface area contributed by atoms with E-state index in [1.165, 1.54) is 11.2 Å². The molecule has 1 saturated heterocycles. The maximum Gasteiger partial charge on any atom is 0.325 e. The van der Waals surface area contributed by atoms with E-state index >= 15 is 0 Å². The first kappa shape index (κ1) is 18.0. The van der Waals surface area contributed by atoms with Crippen molar-refractivity contribution in [1.82, 2.24) is 15.1 Å². The lowest BCUT2D eigenvalue weighted by Crippen LogP contribution is -2.47. The molecule has 1 aliphatic rings. The average molecular weight is 335 g/mol. The average Bonchev–Trinajstić information content (AvgIpc) is 3.11. The molecule has 7 heteroatoms. The van der Waals surface area contributed by atoms with Crippen molar-refractivity contribution in [2.75, 3.05) is 13.6 Å². The molecule has 0 unspecified atom stereocenters. The van der Waals surface area contributed by atoms with Gasteiger partial charge < -0.3 is 14.6 Å². The molecule has 0 aromatic carbocycles. The van der Waals surface area contributed by atoms with E-state index in [0.29, 0.717) is 25.1 Å². The van der Waals surface area contributed by atoms with E-state index < -0.39 is 11.6 Å². The van der Waals surface area contributed by atoms with Gasteiger partial charge in [0.25, 0.3) is 5.91 Å². The quantitative estimate of drug-likeness (QED) is 0.738. The highest BCUT2D eigenvalue weighted by atomic mass is 16.3. The lowest BCUT2D eigenvalue weighted by atomic mass is 9.88. The highest BCUT2D eigenvalue weighted by Gasteiger charge is 2.50. The molecule has 0 aliphatic carbocycles. The van der Waals surface area contributed by atoms with Crippen molar-refractivity contribution in [3.05, 3.63) is 24.2 Å². The number of likely N-dealkylation sites (N-methyl/N-ethyl adjacent to an activating group) is 1. The summed E-state index contributed by atoms with van der Waals surface area (Å²) in [6.45, 7) is 3.99. The largest absolute Gasteiger partial charge is 0.467 e. The molecule has 0 atom stereocenters. The molecule has 1 aromatic heterocycles. The van der Waals surface area contributed by atoms with Gasteiger partial charge in [-0.1, -0.05) is 26.7 Å². The van der Waals surface area contributed by atoms with Gasteiger partial charge in [-0.2, -0.15) is 0 Å². The third-order valence-electron chi connectivity index (χ3n) is 4.29. The van der Waals surface area contributed by atoms with E-state index in [4.69, 9.17) is 4.42 Å². The van der Waals surface area contributed by atoms with Gasteiger partial charge in [0.2, 0.25) is 5.91 Å². The third kappa shape index (κ3) is 3.60. The minimum atomic E-state index is -0.861. The lowest BCUT2D eigenvalue weighted by Gasteiger charge is -2.26. The van der Waals surface area contributed by atoms with Gasteiger partial charge in [0.05, 0.1) is 12.8 Å². The molecule has 0 spiro atoms. The Labute approximate surface area is 142 Å². The fourth-order valence-electron chi connectivity index (χ4n) is 3.12. The van der Waals surface area contributed by atoms with Crippen molar-refractivity contribution in [2.45, 2.75) is 51.6 Å². The normalized spacial score (nSPS) is 16.4. The Morgan fingerprint density at radius 2 is 1.96 bits per heavy atom. The summed E-state index contributed by atoms with van der Waals surface area (Å²) in [6.07, 6.45) is 4.27. The van der Waals surface area contributed by atoms with E-state index in [-0.39, 0.29) is 18.4 Å². The Hall–Kier alpha value is -2.31. The first-order valence-electron chi connectivity index (χ1n) is 8.34. The maximum atomic E-state index is 12.7. The van der Waals surface area contributed by atoms with Gasteiger partial charge in [0, 0.05) is 7.05 Å².